The quantitative estimate of drug-likeness (QED) is 0.783. The van der Waals surface area contributed by atoms with Gasteiger partial charge in [-0.1, -0.05) is 23.9 Å². The first-order chi connectivity index (χ1) is 6.65. The molecular formula is C9H9FO3S. The highest BCUT2D eigenvalue weighted by molar-refractivity contribution is 8.00. The molecule has 1 unspecified atom stereocenters. The summed E-state index contributed by atoms with van der Waals surface area (Å²) >= 11 is 0.612. The molecule has 14 heavy (non-hydrogen) atoms. The van der Waals surface area contributed by atoms with Crippen molar-refractivity contribution < 1.29 is 19.0 Å². The van der Waals surface area contributed by atoms with Crippen LogP contribution in [0.4, 0.5) is 4.39 Å². The van der Waals surface area contributed by atoms with Gasteiger partial charge in [-0.15, -0.1) is 0 Å². The predicted octanol–water partition coefficient (Wildman–Crippen LogP) is 2.17. The lowest BCUT2D eigenvalue weighted by Crippen LogP contribution is -2.09. The number of hydrogen-bond donors (Lipinski definition) is 1. The van der Waals surface area contributed by atoms with Crippen LogP contribution < -0.4 is 4.74 Å². The fourth-order valence-electron chi connectivity index (χ4n) is 0.878. The first-order valence-corrected chi connectivity index (χ1v) is 4.69. The predicted molar refractivity (Wildman–Crippen MR) is 51.4 cm³/mol. The molecule has 0 bridgehead atoms. The minimum absolute atomic E-state index is 0.474. The van der Waals surface area contributed by atoms with Gasteiger partial charge < -0.3 is 9.84 Å². The lowest BCUT2D eigenvalue weighted by molar-refractivity contribution is -0.139. The zero-order chi connectivity index (χ0) is 10.6. The number of ether oxygens (including phenoxy) is 1. The maximum absolute atomic E-state index is 12.8. The summed E-state index contributed by atoms with van der Waals surface area (Å²) in [5.41, 5.74) is -1.97. The number of benzene rings is 1. The maximum Gasteiger partial charge on any atom is 0.349 e. The lowest BCUT2D eigenvalue weighted by Gasteiger charge is -2.07. The molecule has 1 atom stereocenters. The normalized spacial score (nSPS) is 12.1. The number of halogens is 1. The molecule has 1 N–H and O–H groups in total. The van der Waals surface area contributed by atoms with Crippen molar-refractivity contribution in [1.29, 1.82) is 0 Å². The molecule has 1 rings (SSSR count). The SMILES string of the molecule is COc1ccccc1SC(F)C(=O)O. The summed E-state index contributed by atoms with van der Waals surface area (Å²) in [6, 6.07) is 6.69. The zero-order valence-corrected chi connectivity index (χ0v) is 8.25. The molecule has 0 fully saturated rings. The first-order valence-electron chi connectivity index (χ1n) is 3.81. The third-order valence-electron chi connectivity index (χ3n) is 1.49. The van der Waals surface area contributed by atoms with E-state index in [1.165, 1.54) is 7.11 Å². The summed E-state index contributed by atoms with van der Waals surface area (Å²) in [5, 5.41) is 8.37. The summed E-state index contributed by atoms with van der Waals surface area (Å²) in [6.07, 6.45) is 0. The molecule has 5 heteroatoms. The molecule has 1 aromatic carbocycles. The molecule has 0 spiro atoms. The van der Waals surface area contributed by atoms with Crippen molar-refractivity contribution in [2.75, 3.05) is 7.11 Å². The first kappa shape index (κ1) is 10.8. The van der Waals surface area contributed by atoms with E-state index < -0.39 is 11.5 Å². The number of carbonyl (C=O) groups is 1. The van der Waals surface area contributed by atoms with E-state index in [-0.39, 0.29) is 0 Å². The second-order valence-electron chi connectivity index (χ2n) is 2.42. The van der Waals surface area contributed by atoms with Crippen LogP contribution in [-0.4, -0.2) is 23.7 Å². The number of alkyl halides is 1. The average molecular weight is 216 g/mol. The molecule has 0 amide bonds. The molecule has 1 aromatic rings. The van der Waals surface area contributed by atoms with E-state index in [4.69, 9.17) is 9.84 Å². The van der Waals surface area contributed by atoms with E-state index in [2.05, 4.69) is 0 Å². The van der Waals surface area contributed by atoms with Gasteiger partial charge in [0.1, 0.15) is 5.75 Å². The number of aliphatic carboxylic acids is 1. The Kier molecular flexibility index (Phi) is 3.76. The van der Waals surface area contributed by atoms with Crippen molar-refractivity contribution in [3.63, 3.8) is 0 Å². The van der Waals surface area contributed by atoms with Gasteiger partial charge in [0.05, 0.1) is 12.0 Å². The largest absolute Gasteiger partial charge is 0.496 e. The minimum Gasteiger partial charge on any atom is -0.496 e. The molecule has 0 aliphatic rings. The number of thioether (sulfide) groups is 1. The number of hydrogen-bond acceptors (Lipinski definition) is 3. The third kappa shape index (κ3) is 2.63. The Morgan fingerprint density at radius 3 is 2.79 bits per heavy atom. The van der Waals surface area contributed by atoms with Crippen LogP contribution in [0.3, 0.4) is 0 Å². The van der Waals surface area contributed by atoms with Gasteiger partial charge >= 0.3 is 5.97 Å². The topological polar surface area (TPSA) is 46.5 Å². The summed E-state index contributed by atoms with van der Waals surface area (Å²) in [5.74, 6) is -1.01. The molecule has 0 heterocycles. The Bertz CT molecular complexity index is 330. The van der Waals surface area contributed by atoms with Crippen LogP contribution in [0.25, 0.3) is 0 Å². The van der Waals surface area contributed by atoms with Crippen molar-refractivity contribution in [2.24, 2.45) is 0 Å². The van der Waals surface area contributed by atoms with Gasteiger partial charge in [0.25, 0.3) is 0 Å². The van der Waals surface area contributed by atoms with Gasteiger partial charge in [-0.25, -0.2) is 9.18 Å². The van der Waals surface area contributed by atoms with Gasteiger partial charge in [-0.3, -0.25) is 0 Å². The van der Waals surface area contributed by atoms with Crippen LogP contribution in [0, 0.1) is 0 Å². The van der Waals surface area contributed by atoms with E-state index in [1.54, 1.807) is 24.3 Å². The van der Waals surface area contributed by atoms with E-state index in [9.17, 15) is 9.18 Å². The monoisotopic (exact) mass is 216 g/mol. The molecule has 0 radical (unpaired) electrons. The summed E-state index contributed by atoms with van der Waals surface area (Å²) < 4.78 is 17.8. The smallest absolute Gasteiger partial charge is 0.349 e. The minimum atomic E-state index is -1.97. The van der Waals surface area contributed by atoms with Gasteiger partial charge in [0.15, 0.2) is 0 Å². The van der Waals surface area contributed by atoms with E-state index in [0.717, 1.165) is 0 Å². The van der Waals surface area contributed by atoms with Crippen molar-refractivity contribution in [1.82, 2.24) is 0 Å². The van der Waals surface area contributed by atoms with E-state index in [1.807, 2.05) is 0 Å². The molecule has 0 aliphatic carbocycles. The fraction of sp³-hybridized carbons (Fsp3) is 0.222. The lowest BCUT2D eigenvalue weighted by atomic mass is 10.3. The highest BCUT2D eigenvalue weighted by atomic mass is 32.2. The van der Waals surface area contributed by atoms with E-state index >= 15 is 0 Å². The van der Waals surface area contributed by atoms with Crippen molar-refractivity contribution in [3.05, 3.63) is 24.3 Å². The van der Waals surface area contributed by atoms with E-state index in [0.29, 0.717) is 22.4 Å². The Morgan fingerprint density at radius 1 is 1.57 bits per heavy atom. The molecular weight excluding hydrogens is 207 g/mol. The molecule has 0 aromatic heterocycles. The van der Waals surface area contributed by atoms with Gasteiger partial charge in [0.2, 0.25) is 5.50 Å². The Hall–Kier alpha value is -1.23. The van der Waals surface area contributed by atoms with Gasteiger partial charge in [-0.2, -0.15) is 0 Å². The van der Waals surface area contributed by atoms with Crippen LogP contribution in [0.15, 0.2) is 29.2 Å². The second-order valence-corrected chi connectivity index (χ2v) is 3.51. The molecule has 0 aliphatic heterocycles. The van der Waals surface area contributed by atoms with Crippen molar-refractivity contribution >= 4 is 17.7 Å². The highest BCUT2D eigenvalue weighted by Gasteiger charge is 2.18. The third-order valence-corrected chi connectivity index (χ3v) is 2.49. The molecule has 0 saturated carbocycles. The number of rotatable bonds is 4. The van der Waals surface area contributed by atoms with Crippen LogP contribution in [-0.2, 0) is 4.79 Å². The number of carboxylic acids is 1. The number of carboxylic acid groups (broad SMARTS) is 1. The summed E-state index contributed by atoms with van der Waals surface area (Å²) in [4.78, 5) is 10.7. The Labute approximate surface area is 84.9 Å². The number of methoxy groups -OCH3 is 1. The molecule has 0 saturated heterocycles. The Morgan fingerprint density at radius 2 is 2.21 bits per heavy atom. The Balaban J connectivity index is 2.80. The molecule has 76 valence electrons. The molecule has 3 nitrogen and oxygen atoms in total. The fourth-order valence-corrected chi connectivity index (χ4v) is 1.63. The van der Waals surface area contributed by atoms with Crippen LogP contribution in [0.2, 0.25) is 0 Å². The standard InChI is InChI=1S/C9H9FO3S/c1-13-6-4-2-3-5-7(6)14-8(10)9(11)12/h2-5,8H,1H3,(H,11,12). The van der Waals surface area contributed by atoms with Crippen molar-refractivity contribution in [3.8, 4) is 5.75 Å². The van der Waals surface area contributed by atoms with Crippen LogP contribution in [0.5, 0.6) is 5.75 Å². The highest BCUT2D eigenvalue weighted by Crippen LogP contribution is 2.32. The van der Waals surface area contributed by atoms with Gasteiger partial charge in [-0.05, 0) is 12.1 Å². The second kappa shape index (κ2) is 4.85. The van der Waals surface area contributed by atoms with Gasteiger partial charge in [0, 0.05) is 0 Å². The van der Waals surface area contributed by atoms with Crippen LogP contribution >= 0.6 is 11.8 Å². The summed E-state index contributed by atoms with van der Waals surface area (Å²) in [6.45, 7) is 0. The zero-order valence-electron chi connectivity index (χ0n) is 7.44. The average Bonchev–Trinajstić information content (AvgIpc) is 2.18. The maximum atomic E-state index is 12.8. The van der Waals surface area contributed by atoms with Crippen LogP contribution in [0.1, 0.15) is 0 Å². The number of para-hydroxylation sites is 1. The van der Waals surface area contributed by atoms with Crippen molar-refractivity contribution in [2.45, 2.75) is 10.4 Å². The summed E-state index contributed by atoms with van der Waals surface area (Å²) in [7, 11) is 1.45.